The van der Waals surface area contributed by atoms with Gasteiger partial charge < -0.3 is 20.1 Å². The molecule has 2 rings (SSSR count). The molecule has 27 heavy (non-hydrogen) atoms. The molecule has 0 saturated carbocycles. The molecule has 0 unspecified atom stereocenters. The molecule has 148 valence electrons. The molecule has 0 fully saturated rings. The van der Waals surface area contributed by atoms with Gasteiger partial charge in [0.2, 0.25) is 5.91 Å². The predicted octanol–water partition coefficient (Wildman–Crippen LogP) is 2.96. The fourth-order valence-electron chi connectivity index (χ4n) is 2.74. The number of carbonyl (C=O) groups is 3. The molecule has 0 atom stereocenters. The van der Waals surface area contributed by atoms with Crippen LogP contribution in [0.2, 0.25) is 0 Å². The highest BCUT2D eigenvalue weighted by atomic mass is 32.1. The maximum absolute atomic E-state index is 12.3. The zero-order chi connectivity index (χ0) is 19.8. The van der Waals surface area contributed by atoms with Crippen molar-refractivity contribution in [1.29, 1.82) is 0 Å². The minimum absolute atomic E-state index is 0.00415. The van der Waals surface area contributed by atoms with Gasteiger partial charge in [-0.2, -0.15) is 0 Å². The summed E-state index contributed by atoms with van der Waals surface area (Å²) < 4.78 is 10.1. The third-order valence-corrected chi connectivity index (χ3v) is 5.32. The van der Waals surface area contributed by atoms with Gasteiger partial charge in [-0.15, -0.1) is 11.3 Å². The molecule has 1 aliphatic carbocycles. The van der Waals surface area contributed by atoms with E-state index in [1.54, 1.807) is 6.92 Å². The minimum atomic E-state index is -0.412. The topological polar surface area (TPSA) is 93.7 Å². The van der Waals surface area contributed by atoms with Crippen LogP contribution in [0.15, 0.2) is 0 Å². The van der Waals surface area contributed by atoms with Gasteiger partial charge in [0, 0.05) is 11.3 Å². The van der Waals surface area contributed by atoms with Crippen LogP contribution < -0.4 is 10.6 Å². The summed E-state index contributed by atoms with van der Waals surface area (Å²) in [7, 11) is 0. The molecule has 1 aromatic heterocycles. The molecular weight excluding hydrogens is 388 g/mol. The standard InChI is InChI=1S/C18H24N2O5S2/c1-3-10-25-14(22)9-8-13(21)19-18(26)20-16-15(17(23)24-4-2)11-6-5-7-12(11)27-16/h3-10H2,1-2H3,(H2,19,20,21,26). The Morgan fingerprint density at radius 3 is 2.63 bits per heavy atom. The zero-order valence-corrected chi connectivity index (χ0v) is 17.1. The van der Waals surface area contributed by atoms with Gasteiger partial charge in [-0.05, 0) is 50.4 Å². The van der Waals surface area contributed by atoms with Crippen molar-refractivity contribution in [3.8, 4) is 0 Å². The van der Waals surface area contributed by atoms with Gasteiger partial charge in [-0.1, -0.05) is 6.92 Å². The maximum atomic E-state index is 12.3. The number of carbonyl (C=O) groups excluding carboxylic acids is 3. The molecule has 1 amide bonds. The second kappa shape index (κ2) is 10.4. The lowest BCUT2D eigenvalue weighted by molar-refractivity contribution is -0.144. The summed E-state index contributed by atoms with van der Waals surface area (Å²) in [5.74, 6) is -1.18. The van der Waals surface area contributed by atoms with Crippen molar-refractivity contribution in [2.24, 2.45) is 0 Å². The van der Waals surface area contributed by atoms with Crippen LogP contribution in [0, 0.1) is 0 Å². The van der Waals surface area contributed by atoms with E-state index in [2.05, 4.69) is 10.6 Å². The van der Waals surface area contributed by atoms with Crippen LogP contribution in [0.5, 0.6) is 0 Å². The van der Waals surface area contributed by atoms with Crippen molar-refractivity contribution >= 4 is 51.5 Å². The Kier molecular flexibility index (Phi) is 8.18. The summed E-state index contributed by atoms with van der Waals surface area (Å²) in [6.07, 6.45) is 3.49. The van der Waals surface area contributed by atoms with Crippen LogP contribution in [0.4, 0.5) is 5.00 Å². The average Bonchev–Trinajstić information content (AvgIpc) is 3.18. The predicted molar refractivity (Wildman–Crippen MR) is 107 cm³/mol. The number of hydrogen-bond donors (Lipinski definition) is 2. The first kappa shape index (κ1) is 21.3. The lowest BCUT2D eigenvalue weighted by Crippen LogP contribution is -2.34. The molecular formula is C18H24N2O5S2. The van der Waals surface area contributed by atoms with E-state index in [-0.39, 0.29) is 36.4 Å². The van der Waals surface area contributed by atoms with Gasteiger partial charge in [-0.3, -0.25) is 9.59 Å². The molecule has 9 heteroatoms. The number of thiophene rings is 1. The highest BCUT2D eigenvalue weighted by Crippen LogP contribution is 2.39. The van der Waals surface area contributed by atoms with Gasteiger partial charge in [-0.25, -0.2) is 4.79 Å². The Morgan fingerprint density at radius 1 is 1.15 bits per heavy atom. The van der Waals surface area contributed by atoms with Crippen LogP contribution in [0.3, 0.4) is 0 Å². The van der Waals surface area contributed by atoms with Gasteiger partial charge in [0.1, 0.15) is 5.00 Å². The first-order valence-corrected chi connectivity index (χ1v) is 10.3. The van der Waals surface area contributed by atoms with Crippen molar-refractivity contribution in [3.63, 3.8) is 0 Å². The molecule has 0 spiro atoms. The third-order valence-electron chi connectivity index (χ3n) is 3.90. The number of rotatable bonds is 8. The Morgan fingerprint density at radius 2 is 1.93 bits per heavy atom. The van der Waals surface area contributed by atoms with Crippen LogP contribution >= 0.6 is 23.6 Å². The summed E-state index contributed by atoms with van der Waals surface area (Å²) in [4.78, 5) is 36.9. The second-order valence-electron chi connectivity index (χ2n) is 6.00. The largest absolute Gasteiger partial charge is 0.466 e. The lowest BCUT2D eigenvalue weighted by atomic mass is 10.1. The quantitative estimate of drug-likeness (QED) is 0.501. The number of ether oxygens (including phenoxy) is 2. The number of aryl methyl sites for hydroxylation is 1. The third kappa shape index (κ3) is 6.00. The number of fused-ring (bicyclic) bond motifs is 1. The van der Waals surface area contributed by atoms with E-state index in [4.69, 9.17) is 21.7 Å². The smallest absolute Gasteiger partial charge is 0.341 e. The van der Waals surface area contributed by atoms with Crippen molar-refractivity contribution < 1.29 is 23.9 Å². The van der Waals surface area contributed by atoms with Crippen LogP contribution in [0.1, 0.15) is 60.3 Å². The highest BCUT2D eigenvalue weighted by molar-refractivity contribution is 7.80. The van der Waals surface area contributed by atoms with Crippen molar-refractivity contribution in [1.82, 2.24) is 5.32 Å². The molecule has 1 aliphatic rings. The maximum Gasteiger partial charge on any atom is 0.341 e. The van der Waals surface area contributed by atoms with Crippen molar-refractivity contribution in [3.05, 3.63) is 16.0 Å². The molecule has 1 heterocycles. The normalized spacial score (nSPS) is 12.2. The Balaban J connectivity index is 1.93. The fourth-order valence-corrected chi connectivity index (χ4v) is 4.30. The molecule has 0 saturated heterocycles. The summed E-state index contributed by atoms with van der Waals surface area (Å²) in [5, 5.41) is 6.14. The number of amides is 1. The second-order valence-corrected chi connectivity index (χ2v) is 7.52. The van der Waals surface area contributed by atoms with Gasteiger partial charge >= 0.3 is 11.9 Å². The van der Waals surface area contributed by atoms with Crippen LogP contribution in [-0.4, -0.2) is 36.2 Å². The van der Waals surface area contributed by atoms with Crippen molar-refractivity contribution in [2.75, 3.05) is 18.5 Å². The van der Waals surface area contributed by atoms with Crippen LogP contribution in [0.25, 0.3) is 0 Å². The van der Waals surface area contributed by atoms with Gasteiger partial charge in [0.15, 0.2) is 5.11 Å². The summed E-state index contributed by atoms with van der Waals surface area (Å²) in [6, 6.07) is 0. The molecule has 0 aromatic carbocycles. The SMILES string of the molecule is CCCOC(=O)CCC(=O)NC(=S)Nc1sc2c(c1C(=O)OCC)CCC2. The number of hydrogen-bond acceptors (Lipinski definition) is 7. The summed E-state index contributed by atoms with van der Waals surface area (Å²) >= 11 is 6.64. The molecule has 0 aliphatic heterocycles. The van der Waals surface area contributed by atoms with Gasteiger partial charge in [0.05, 0.1) is 25.2 Å². The van der Waals surface area contributed by atoms with E-state index in [9.17, 15) is 14.4 Å². The molecule has 0 bridgehead atoms. The summed E-state index contributed by atoms with van der Waals surface area (Å²) in [6.45, 7) is 4.29. The highest BCUT2D eigenvalue weighted by Gasteiger charge is 2.28. The fraction of sp³-hybridized carbons (Fsp3) is 0.556. The Hall–Kier alpha value is -2.00. The first-order chi connectivity index (χ1) is 13.0. The monoisotopic (exact) mass is 412 g/mol. The Bertz CT molecular complexity index is 730. The number of esters is 2. The molecule has 7 nitrogen and oxygen atoms in total. The molecule has 0 radical (unpaired) electrons. The number of thiocarbonyl (C=S) groups is 1. The van der Waals surface area contributed by atoms with E-state index in [1.165, 1.54) is 11.3 Å². The van der Waals surface area contributed by atoms with E-state index in [0.29, 0.717) is 17.2 Å². The van der Waals surface area contributed by atoms with E-state index in [1.807, 2.05) is 6.92 Å². The zero-order valence-electron chi connectivity index (χ0n) is 15.5. The number of nitrogens with one attached hydrogen (secondary N) is 2. The molecule has 1 aromatic rings. The first-order valence-electron chi connectivity index (χ1n) is 9.04. The average molecular weight is 413 g/mol. The lowest BCUT2D eigenvalue weighted by Gasteiger charge is -2.11. The van der Waals surface area contributed by atoms with E-state index in [0.717, 1.165) is 36.1 Å². The minimum Gasteiger partial charge on any atom is -0.466 e. The number of anilines is 1. The van der Waals surface area contributed by atoms with E-state index < -0.39 is 5.97 Å². The van der Waals surface area contributed by atoms with E-state index >= 15 is 0 Å². The molecule has 2 N–H and O–H groups in total. The summed E-state index contributed by atoms with van der Waals surface area (Å²) in [5.41, 5.74) is 1.52. The van der Waals surface area contributed by atoms with Crippen LogP contribution in [-0.2, 0) is 31.9 Å². The Labute approximate surface area is 167 Å². The van der Waals surface area contributed by atoms with Crippen molar-refractivity contribution in [2.45, 2.75) is 52.4 Å². The van der Waals surface area contributed by atoms with Gasteiger partial charge in [0.25, 0.3) is 0 Å².